The van der Waals surface area contributed by atoms with Crippen molar-refractivity contribution in [3.8, 4) is 0 Å². The molecular formula is C15H18Cl3NO. The molecule has 1 aromatic heterocycles. The van der Waals surface area contributed by atoms with Gasteiger partial charge in [-0.1, -0.05) is 55.6 Å². The minimum absolute atomic E-state index is 0.463. The fourth-order valence-electron chi connectivity index (χ4n) is 2.28. The maximum atomic E-state index is 6.36. The zero-order valence-electron chi connectivity index (χ0n) is 11.8. The first-order valence-electron chi connectivity index (χ1n) is 6.74. The van der Waals surface area contributed by atoms with Gasteiger partial charge in [0.15, 0.2) is 5.58 Å². The Morgan fingerprint density at radius 1 is 1.20 bits per heavy atom. The first kappa shape index (κ1) is 16.0. The lowest BCUT2D eigenvalue weighted by atomic mass is 9.99. The molecule has 0 aliphatic carbocycles. The van der Waals surface area contributed by atoms with E-state index in [9.17, 15) is 0 Å². The molecular weight excluding hydrogens is 317 g/mol. The number of benzene rings is 1. The summed E-state index contributed by atoms with van der Waals surface area (Å²) in [7, 11) is 0. The number of halogens is 3. The molecule has 2 nitrogen and oxygen atoms in total. The Morgan fingerprint density at radius 2 is 1.90 bits per heavy atom. The molecule has 2 aromatic rings. The van der Waals surface area contributed by atoms with E-state index in [1.54, 1.807) is 6.07 Å². The predicted octanol–water partition coefficient (Wildman–Crippen LogP) is 5.70. The van der Waals surface area contributed by atoms with Crippen molar-refractivity contribution in [2.24, 2.45) is 5.92 Å². The van der Waals surface area contributed by atoms with Crippen LogP contribution in [-0.4, -0.2) is 6.54 Å². The second-order valence-electron chi connectivity index (χ2n) is 5.24. The van der Waals surface area contributed by atoms with Gasteiger partial charge in [-0.2, -0.15) is 0 Å². The van der Waals surface area contributed by atoms with Crippen molar-refractivity contribution < 1.29 is 4.42 Å². The van der Waals surface area contributed by atoms with Crippen LogP contribution in [0.2, 0.25) is 15.1 Å². The number of fused-ring (bicyclic) bond motifs is 1. The van der Waals surface area contributed by atoms with Crippen LogP contribution >= 0.6 is 34.8 Å². The molecule has 1 N–H and O–H groups in total. The zero-order chi connectivity index (χ0) is 14.9. The van der Waals surface area contributed by atoms with Crippen molar-refractivity contribution in [3.63, 3.8) is 0 Å². The topological polar surface area (TPSA) is 25.2 Å². The van der Waals surface area contributed by atoms with Gasteiger partial charge in [-0.05, 0) is 24.9 Å². The third-order valence-electron chi connectivity index (χ3n) is 3.14. The van der Waals surface area contributed by atoms with E-state index < -0.39 is 0 Å². The number of furan rings is 1. The Bertz CT molecular complexity index is 619. The first-order valence-corrected chi connectivity index (χ1v) is 7.87. The molecule has 2 rings (SSSR count). The van der Waals surface area contributed by atoms with Gasteiger partial charge >= 0.3 is 0 Å². The molecule has 0 bridgehead atoms. The van der Waals surface area contributed by atoms with Gasteiger partial charge in [0.1, 0.15) is 5.76 Å². The van der Waals surface area contributed by atoms with Crippen LogP contribution in [-0.2, 0) is 13.0 Å². The maximum Gasteiger partial charge on any atom is 0.154 e. The van der Waals surface area contributed by atoms with Crippen LogP contribution in [0.3, 0.4) is 0 Å². The number of nitrogens with one attached hydrogen (secondary N) is 1. The van der Waals surface area contributed by atoms with E-state index in [0.717, 1.165) is 29.7 Å². The van der Waals surface area contributed by atoms with E-state index in [1.807, 2.05) is 0 Å². The lowest BCUT2D eigenvalue weighted by molar-refractivity contribution is 0.506. The summed E-state index contributed by atoms with van der Waals surface area (Å²) in [5, 5.41) is 5.62. The third-order valence-corrected chi connectivity index (χ3v) is 4.21. The van der Waals surface area contributed by atoms with Gasteiger partial charge in [0.25, 0.3) is 0 Å². The normalized spacial score (nSPS) is 11.8. The molecule has 0 spiro atoms. The molecule has 0 aliphatic heterocycles. The van der Waals surface area contributed by atoms with Gasteiger partial charge in [-0.15, -0.1) is 0 Å². The lowest BCUT2D eigenvalue weighted by Gasteiger charge is -2.07. The van der Waals surface area contributed by atoms with Crippen molar-refractivity contribution in [2.45, 2.75) is 33.7 Å². The molecule has 5 heteroatoms. The highest BCUT2D eigenvalue weighted by molar-refractivity contribution is 6.47. The summed E-state index contributed by atoms with van der Waals surface area (Å²) < 4.78 is 5.93. The van der Waals surface area contributed by atoms with Gasteiger partial charge < -0.3 is 9.73 Å². The molecule has 0 aliphatic rings. The lowest BCUT2D eigenvalue weighted by Crippen LogP contribution is -2.12. The van der Waals surface area contributed by atoms with E-state index in [0.29, 0.717) is 33.1 Å². The number of rotatable bonds is 5. The smallest absolute Gasteiger partial charge is 0.154 e. The van der Waals surface area contributed by atoms with Crippen molar-refractivity contribution >= 4 is 45.8 Å². The summed E-state index contributed by atoms with van der Waals surface area (Å²) in [6.07, 6.45) is 0.879. The van der Waals surface area contributed by atoms with Crippen molar-refractivity contribution in [3.05, 3.63) is 32.5 Å². The molecule has 0 fully saturated rings. The quantitative estimate of drug-likeness (QED) is 0.709. The third kappa shape index (κ3) is 3.09. The van der Waals surface area contributed by atoms with Crippen LogP contribution in [0, 0.1) is 5.92 Å². The molecule has 1 aromatic carbocycles. The maximum absolute atomic E-state index is 6.36. The van der Waals surface area contributed by atoms with Crippen LogP contribution in [0.1, 0.15) is 32.1 Å². The highest BCUT2D eigenvalue weighted by Gasteiger charge is 2.21. The molecule has 20 heavy (non-hydrogen) atoms. The summed E-state index contributed by atoms with van der Waals surface area (Å²) in [5.41, 5.74) is 1.73. The molecule has 0 radical (unpaired) electrons. The Balaban J connectivity index is 2.66. The summed E-state index contributed by atoms with van der Waals surface area (Å²) in [5.74, 6) is 1.38. The monoisotopic (exact) mass is 333 g/mol. The predicted molar refractivity (Wildman–Crippen MR) is 87.2 cm³/mol. The van der Waals surface area contributed by atoms with Crippen molar-refractivity contribution in [1.82, 2.24) is 5.32 Å². The van der Waals surface area contributed by atoms with Gasteiger partial charge in [0, 0.05) is 10.9 Å². The zero-order valence-corrected chi connectivity index (χ0v) is 14.1. The Labute approximate surface area is 134 Å². The van der Waals surface area contributed by atoms with Gasteiger partial charge in [-0.3, -0.25) is 0 Å². The second kappa shape index (κ2) is 6.57. The number of hydrogen-bond donors (Lipinski definition) is 1. The molecule has 0 atom stereocenters. The first-order chi connectivity index (χ1) is 9.45. The standard InChI is InChI=1S/C15H18Cl3NO/c1-4-19-7-12-9(5-8(2)3)13-14(18)10(16)6-11(17)15(13)20-12/h6,8,19H,4-5,7H2,1-3H3. The highest BCUT2D eigenvalue weighted by Crippen LogP contribution is 2.41. The molecule has 1 heterocycles. The van der Waals surface area contributed by atoms with Crippen LogP contribution in [0.4, 0.5) is 0 Å². The van der Waals surface area contributed by atoms with Crippen LogP contribution in [0.25, 0.3) is 11.0 Å². The summed E-state index contributed by atoms with van der Waals surface area (Å²) in [4.78, 5) is 0. The molecule has 0 saturated carbocycles. The minimum atomic E-state index is 0.463. The van der Waals surface area contributed by atoms with E-state index in [4.69, 9.17) is 39.2 Å². The minimum Gasteiger partial charge on any atom is -0.458 e. The summed E-state index contributed by atoms with van der Waals surface area (Å²) >= 11 is 18.7. The van der Waals surface area contributed by atoms with Crippen LogP contribution in [0.5, 0.6) is 0 Å². The Hall–Kier alpha value is -0.410. The molecule has 110 valence electrons. The number of hydrogen-bond acceptors (Lipinski definition) is 2. The molecule has 0 amide bonds. The van der Waals surface area contributed by atoms with E-state index in [2.05, 4.69) is 26.1 Å². The van der Waals surface area contributed by atoms with E-state index >= 15 is 0 Å². The van der Waals surface area contributed by atoms with Crippen LogP contribution < -0.4 is 5.32 Å². The molecule has 0 unspecified atom stereocenters. The Kier molecular flexibility index (Phi) is 5.25. The van der Waals surface area contributed by atoms with Gasteiger partial charge in [0.05, 0.1) is 21.6 Å². The van der Waals surface area contributed by atoms with Gasteiger partial charge in [0.2, 0.25) is 0 Å². The van der Waals surface area contributed by atoms with Crippen LogP contribution in [0.15, 0.2) is 10.5 Å². The second-order valence-corrected chi connectivity index (χ2v) is 6.43. The van der Waals surface area contributed by atoms with Crippen molar-refractivity contribution in [1.29, 1.82) is 0 Å². The SMILES string of the molecule is CCNCc1oc2c(Cl)cc(Cl)c(Cl)c2c1CC(C)C. The van der Waals surface area contributed by atoms with Gasteiger partial charge in [-0.25, -0.2) is 0 Å². The summed E-state index contributed by atoms with van der Waals surface area (Å²) in [6, 6.07) is 1.63. The van der Waals surface area contributed by atoms with E-state index in [-0.39, 0.29) is 0 Å². The fraction of sp³-hybridized carbons (Fsp3) is 0.467. The van der Waals surface area contributed by atoms with Crippen molar-refractivity contribution in [2.75, 3.05) is 6.54 Å². The Morgan fingerprint density at radius 3 is 2.50 bits per heavy atom. The largest absolute Gasteiger partial charge is 0.458 e. The highest BCUT2D eigenvalue weighted by atomic mass is 35.5. The van der Waals surface area contributed by atoms with E-state index in [1.165, 1.54) is 0 Å². The fourth-order valence-corrected chi connectivity index (χ4v) is 3.03. The molecule has 0 saturated heterocycles. The average molecular weight is 335 g/mol. The summed E-state index contributed by atoms with van der Waals surface area (Å²) in [6.45, 7) is 7.92. The average Bonchev–Trinajstić information content (AvgIpc) is 2.72.